The Kier molecular flexibility index (Phi) is 13.4. The maximum Gasteiger partial charge on any atom is 0.167 e. The number of hydrogen-bond donors (Lipinski definition) is 0. The van der Waals surface area contributed by atoms with E-state index in [0.717, 1.165) is 43.6 Å². The Labute approximate surface area is 223 Å². The Bertz CT molecular complexity index is 861. The lowest BCUT2D eigenvalue weighted by atomic mass is 9.87. The van der Waals surface area contributed by atoms with Crippen molar-refractivity contribution in [1.82, 2.24) is 9.80 Å². The Morgan fingerprint density at radius 3 is 1.30 bits per heavy atom. The molecular formula is C31H46N2O4. The number of carbonyl (C=O) groups is 2. The predicted octanol–water partition coefficient (Wildman–Crippen LogP) is 5.86. The first kappa shape index (κ1) is 30.5. The Hall–Kier alpha value is -2.70. The Balaban J connectivity index is 2.05. The van der Waals surface area contributed by atoms with Gasteiger partial charge in [0.1, 0.15) is 11.5 Å². The molecule has 0 unspecified atom stereocenters. The van der Waals surface area contributed by atoms with Gasteiger partial charge in [-0.3, -0.25) is 9.59 Å². The summed E-state index contributed by atoms with van der Waals surface area (Å²) in [7, 11) is 7.98. The van der Waals surface area contributed by atoms with Gasteiger partial charge in [0.2, 0.25) is 0 Å². The van der Waals surface area contributed by atoms with Gasteiger partial charge in [-0.05, 0) is 102 Å². The quantitative estimate of drug-likeness (QED) is 0.234. The molecule has 2 atom stereocenters. The smallest absolute Gasteiger partial charge is 0.167 e. The van der Waals surface area contributed by atoms with Crippen molar-refractivity contribution < 1.29 is 19.1 Å². The highest BCUT2D eigenvalue weighted by Gasteiger charge is 2.24. The molecule has 0 spiro atoms. The number of carbonyl (C=O) groups excluding carboxylic acids is 2. The molecule has 0 radical (unpaired) electrons. The van der Waals surface area contributed by atoms with Gasteiger partial charge < -0.3 is 19.3 Å². The van der Waals surface area contributed by atoms with Crippen LogP contribution in [0.4, 0.5) is 0 Å². The molecule has 0 saturated heterocycles. The lowest BCUT2D eigenvalue weighted by molar-refractivity contribution is 0.0870. The van der Waals surface area contributed by atoms with E-state index in [1.807, 2.05) is 76.7 Å². The lowest BCUT2D eigenvalue weighted by Crippen LogP contribution is -2.30. The summed E-state index contributed by atoms with van der Waals surface area (Å²) in [4.78, 5) is 30.9. The van der Waals surface area contributed by atoms with E-state index in [9.17, 15) is 9.59 Å². The second-order valence-electron chi connectivity index (χ2n) is 10.3. The summed E-state index contributed by atoms with van der Waals surface area (Å²) in [5.41, 5.74) is 1.42. The fourth-order valence-electron chi connectivity index (χ4n) is 4.44. The topological polar surface area (TPSA) is 59.1 Å². The molecule has 0 aliphatic carbocycles. The second-order valence-corrected chi connectivity index (χ2v) is 10.3. The Morgan fingerprint density at radius 2 is 1.00 bits per heavy atom. The van der Waals surface area contributed by atoms with Crippen LogP contribution in [0.25, 0.3) is 0 Å². The number of nitrogens with zero attached hydrogens (tertiary/aromatic N) is 2. The minimum Gasteiger partial charge on any atom is -0.494 e. The molecule has 0 aliphatic rings. The zero-order valence-electron chi connectivity index (χ0n) is 23.7. The molecule has 0 aromatic heterocycles. The van der Waals surface area contributed by atoms with Gasteiger partial charge in [-0.1, -0.05) is 20.3 Å². The first-order valence-electron chi connectivity index (χ1n) is 13.6. The SMILES string of the molecule is CCCOc1ccc(C(=O)[C@H](CCC[C@H](CN(C)C)C(=O)c2ccc(OCCC)cc2)CN(C)C)cc1. The molecule has 37 heavy (non-hydrogen) atoms. The molecule has 2 aromatic carbocycles. The van der Waals surface area contributed by atoms with E-state index >= 15 is 0 Å². The van der Waals surface area contributed by atoms with Crippen molar-refractivity contribution >= 4 is 11.6 Å². The van der Waals surface area contributed by atoms with E-state index in [0.29, 0.717) is 37.4 Å². The normalized spacial score (nSPS) is 13.0. The van der Waals surface area contributed by atoms with Crippen LogP contribution in [-0.4, -0.2) is 75.9 Å². The number of rotatable bonds is 18. The number of hydrogen-bond acceptors (Lipinski definition) is 6. The zero-order valence-corrected chi connectivity index (χ0v) is 23.7. The third-order valence-corrected chi connectivity index (χ3v) is 6.24. The van der Waals surface area contributed by atoms with Crippen molar-refractivity contribution in [1.29, 1.82) is 0 Å². The van der Waals surface area contributed by atoms with Gasteiger partial charge >= 0.3 is 0 Å². The van der Waals surface area contributed by atoms with Crippen LogP contribution < -0.4 is 9.47 Å². The maximum absolute atomic E-state index is 13.4. The highest BCUT2D eigenvalue weighted by molar-refractivity contribution is 5.98. The van der Waals surface area contributed by atoms with Gasteiger partial charge in [0.15, 0.2) is 11.6 Å². The van der Waals surface area contributed by atoms with Gasteiger partial charge in [0.25, 0.3) is 0 Å². The van der Waals surface area contributed by atoms with Crippen LogP contribution in [-0.2, 0) is 0 Å². The first-order valence-corrected chi connectivity index (χ1v) is 13.6. The highest BCUT2D eigenvalue weighted by atomic mass is 16.5. The van der Waals surface area contributed by atoms with E-state index in [1.54, 1.807) is 0 Å². The lowest BCUT2D eigenvalue weighted by Gasteiger charge is -2.23. The van der Waals surface area contributed by atoms with Crippen molar-refractivity contribution in [2.24, 2.45) is 11.8 Å². The van der Waals surface area contributed by atoms with Crippen LogP contribution in [0.2, 0.25) is 0 Å². The average molecular weight is 511 g/mol. The van der Waals surface area contributed by atoms with Crippen LogP contribution in [0, 0.1) is 11.8 Å². The van der Waals surface area contributed by atoms with Crippen LogP contribution in [0.1, 0.15) is 66.7 Å². The van der Waals surface area contributed by atoms with E-state index < -0.39 is 0 Å². The van der Waals surface area contributed by atoms with Crippen LogP contribution >= 0.6 is 0 Å². The molecule has 2 aromatic rings. The van der Waals surface area contributed by atoms with E-state index in [2.05, 4.69) is 23.6 Å². The summed E-state index contributed by atoms with van der Waals surface area (Å²) in [6.07, 6.45) is 4.19. The van der Waals surface area contributed by atoms with Crippen molar-refractivity contribution in [2.45, 2.75) is 46.0 Å². The first-order chi connectivity index (χ1) is 17.7. The monoisotopic (exact) mass is 510 g/mol. The van der Waals surface area contributed by atoms with E-state index in [-0.39, 0.29) is 23.4 Å². The molecule has 2 rings (SSSR count). The predicted molar refractivity (Wildman–Crippen MR) is 151 cm³/mol. The van der Waals surface area contributed by atoms with Crippen molar-refractivity contribution in [3.8, 4) is 11.5 Å². The zero-order chi connectivity index (χ0) is 27.2. The van der Waals surface area contributed by atoms with Gasteiger partial charge in [0.05, 0.1) is 13.2 Å². The van der Waals surface area contributed by atoms with E-state index in [4.69, 9.17) is 9.47 Å². The molecule has 0 heterocycles. The molecule has 0 fully saturated rings. The molecule has 0 amide bonds. The summed E-state index contributed by atoms with van der Waals surface area (Å²) < 4.78 is 11.3. The fraction of sp³-hybridized carbons (Fsp3) is 0.548. The molecule has 6 heteroatoms. The molecule has 204 valence electrons. The van der Waals surface area contributed by atoms with Gasteiger partial charge in [-0.15, -0.1) is 0 Å². The number of benzene rings is 2. The molecule has 0 N–H and O–H groups in total. The average Bonchev–Trinajstić information content (AvgIpc) is 2.89. The minimum absolute atomic E-state index is 0.123. The molecule has 6 nitrogen and oxygen atoms in total. The summed E-state index contributed by atoms with van der Waals surface area (Å²) in [5, 5.41) is 0. The maximum atomic E-state index is 13.4. The minimum atomic E-state index is -0.123. The molecule has 0 saturated carbocycles. The fourth-order valence-corrected chi connectivity index (χ4v) is 4.44. The van der Waals surface area contributed by atoms with Gasteiger partial charge in [-0.2, -0.15) is 0 Å². The van der Waals surface area contributed by atoms with Crippen molar-refractivity contribution in [3.05, 3.63) is 59.7 Å². The number of Topliss-reactive ketones (excluding diaryl/α,β-unsaturated/α-hetero) is 2. The largest absolute Gasteiger partial charge is 0.494 e. The van der Waals surface area contributed by atoms with Crippen molar-refractivity contribution in [2.75, 3.05) is 54.5 Å². The Morgan fingerprint density at radius 1 is 0.649 bits per heavy atom. The van der Waals surface area contributed by atoms with Crippen molar-refractivity contribution in [3.63, 3.8) is 0 Å². The highest BCUT2D eigenvalue weighted by Crippen LogP contribution is 2.23. The third-order valence-electron chi connectivity index (χ3n) is 6.24. The summed E-state index contributed by atoms with van der Waals surface area (Å²) in [6, 6.07) is 15.0. The molecular weight excluding hydrogens is 464 g/mol. The molecule has 0 aliphatic heterocycles. The van der Waals surface area contributed by atoms with Gasteiger partial charge in [-0.25, -0.2) is 0 Å². The number of ether oxygens (including phenoxy) is 2. The summed E-state index contributed by atoms with van der Waals surface area (Å²) in [5.74, 6) is 1.63. The third kappa shape index (κ3) is 10.7. The van der Waals surface area contributed by atoms with Crippen LogP contribution in [0.5, 0.6) is 11.5 Å². The molecule has 0 bridgehead atoms. The van der Waals surface area contributed by atoms with Crippen LogP contribution in [0.3, 0.4) is 0 Å². The van der Waals surface area contributed by atoms with Gasteiger partial charge in [0, 0.05) is 36.1 Å². The number of ketones is 2. The van der Waals surface area contributed by atoms with E-state index in [1.165, 1.54) is 0 Å². The summed E-state index contributed by atoms with van der Waals surface area (Å²) in [6.45, 7) is 6.83. The van der Waals surface area contributed by atoms with Crippen LogP contribution in [0.15, 0.2) is 48.5 Å². The summed E-state index contributed by atoms with van der Waals surface area (Å²) >= 11 is 0. The standard InChI is InChI=1S/C31H46N2O4/c1-7-20-36-28-16-12-24(13-17-28)30(34)26(22-32(3)4)10-9-11-27(23-33(5)6)31(35)25-14-18-29(19-15-25)37-21-8-2/h12-19,26-27H,7-11,20-23H2,1-6H3/t26-,27-/m1/s1. The second kappa shape index (κ2) is 16.2.